The Bertz CT molecular complexity index is 169. The summed E-state index contributed by atoms with van der Waals surface area (Å²) in [7, 11) is 0. The first-order valence-corrected chi connectivity index (χ1v) is 4.61. The maximum absolute atomic E-state index is 8.79. The second-order valence-corrected chi connectivity index (χ2v) is 2.86. The summed E-state index contributed by atoms with van der Waals surface area (Å²) in [6, 6.07) is 0. The van der Waals surface area contributed by atoms with Crippen molar-refractivity contribution in [1.82, 2.24) is 0 Å². The minimum atomic E-state index is -0.509. The highest BCUT2D eigenvalue weighted by Gasteiger charge is 1.81. The lowest BCUT2D eigenvalue weighted by Crippen LogP contribution is -1.91. The molecule has 12 heavy (non-hydrogen) atoms. The van der Waals surface area contributed by atoms with Crippen LogP contribution in [0.25, 0.3) is 0 Å². The lowest BCUT2D eigenvalue weighted by atomic mass is 10.2. The normalized spacial score (nSPS) is 12.6. The SMILES string of the molecule is CCCCC/C=C\C#CC(C)O. The molecule has 68 valence electrons. The summed E-state index contributed by atoms with van der Waals surface area (Å²) < 4.78 is 0. The molecule has 1 heteroatoms. The highest BCUT2D eigenvalue weighted by atomic mass is 16.3. The average Bonchev–Trinajstić information content (AvgIpc) is 2.02. The molecule has 1 N–H and O–H groups in total. The number of rotatable bonds is 4. The number of hydrogen-bond acceptors (Lipinski definition) is 1. The van der Waals surface area contributed by atoms with Gasteiger partial charge in [0.25, 0.3) is 0 Å². The second-order valence-electron chi connectivity index (χ2n) is 2.86. The molecule has 0 aromatic carbocycles. The van der Waals surface area contributed by atoms with Crippen LogP contribution in [0.1, 0.15) is 39.5 Å². The lowest BCUT2D eigenvalue weighted by Gasteiger charge is -1.89. The number of aliphatic hydroxyl groups excluding tert-OH is 1. The Kier molecular flexibility index (Phi) is 7.84. The molecule has 1 nitrogen and oxygen atoms in total. The van der Waals surface area contributed by atoms with Crippen LogP contribution < -0.4 is 0 Å². The number of allylic oxidation sites excluding steroid dienone is 2. The zero-order chi connectivity index (χ0) is 9.23. The van der Waals surface area contributed by atoms with Gasteiger partial charge in [0.1, 0.15) is 6.10 Å². The third-order valence-electron chi connectivity index (χ3n) is 1.47. The Labute approximate surface area is 75.5 Å². The molecule has 0 aliphatic carbocycles. The molecule has 0 aliphatic heterocycles. The van der Waals surface area contributed by atoms with Crippen LogP contribution in [0.2, 0.25) is 0 Å². The van der Waals surface area contributed by atoms with Gasteiger partial charge in [-0.2, -0.15) is 0 Å². The van der Waals surface area contributed by atoms with Gasteiger partial charge in [0, 0.05) is 0 Å². The summed E-state index contributed by atoms with van der Waals surface area (Å²) >= 11 is 0. The Morgan fingerprint density at radius 2 is 2.17 bits per heavy atom. The van der Waals surface area contributed by atoms with E-state index in [-0.39, 0.29) is 0 Å². The third kappa shape index (κ3) is 9.26. The van der Waals surface area contributed by atoms with Crippen LogP contribution in [0.5, 0.6) is 0 Å². The molecule has 1 atom stereocenters. The minimum Gasteiger partial charge on any atom is -0.381 e. The van der Waals surface area contributed by atoms with E-state index in [4.69, 9.17) is 5.11 Å². The van der Waals surface area contributed by atoms with Gasteiger partial charge < -0.3 is 5.11 Å². The average molecular weight is 166 g/mol. The van der Waals surface area contributed by atoms with Crippen molar-refractivity contribution in [3.8, 4) is 11.8 Å². The molecule has 0 spiro atoms. The van der Waals surface area contributed by atoms with Crippen molar-refractivity contribution in [2.45, 2.75) is 45.6 Å². The van der Waals surface area contributed by atoms with Gasteiger partial charge in [-0.1, -0.05) is 37.7 Å². The first kappa shape index (κ1) is 11.3. The highest BCUT2D eigenvalue weighted by Crippen LogP contribution is 1.98. The predicted octanol–water partition coefficient (Wildman–Crippen LogP) is 2.51. The van der Waals surface area contributed by atoms with Crippen LogP contribution in [-0.4, -0.2) is 11.2 Å². The first-order chi connectivity index (χ1) is 5.77. The molecule has 0 rings (SSSR count). The molecule has 0 saturated heterocycles. The Morgan fingerprint density at radius 1 is 1.42 bits per heavy atom. The largest absolute Gasteiger partial charge is 0.381 e. The summed E-state index contributed by atoms with van der Waals surface area (Å²) in [5.41, 5.74) is 0. The molecule has 0 fully saturated rings. The fourth-order valence-electron chi connectivity index (χ4n) is 0.823. The Hall–Kier alpha value is -0.740. The maximum atomic E-state index is 8.79. The molecule has 0 aromatic heterocycles. The molecule has 0 saturated carbocycles. The summed E-state index contributed by atoms with van der Waals surface area (Å²) in [5, 5.41) is 8.79. The number of unbranched alkanes of at least 4 members (excludes halogenated alkanes) is 3. The second kappa shape index (κ2) is 8.36. The summed E-state index contributed by atoms with van der Waals surface area (Å²) in [5.74, 6) is 5.44. The van der Waals surface area contributed by atoms with Gasteiger partial charge in [0.15, 0.2) is 0 Å². The van der Waals surface area contributed by atoms with Gasteiger partial charge in [-0.25, -0.2) is 0 Å². The molecule has 0 aromatic rings. The van der Waals surface area contributed by atoms with Crippen LogP contribution >= 0.6 is 0 Å². The van der Waals surface area contributed by atoms with E-state index >= 15 is 0 Å². The van der Waals surface area contributed by atoms with E-state index in [0.717, 1.165) is 6.42 Å². The highest BCUT2D eigenvalue weighted by molar-refractivity contribution is 5.16. The standard InChI is InChI=1S/C11H18O/c1-3-4-5-6-7-8-9-10-11(2)12/h7-8,11-12H,3-6H2,1-2H3/b8-7-. The Morgan fingerprint density at radius 3 is 2.75 bits per heavy atom. The molecule has 0 aliphatic rings. The van der Waals surface area contributed by atoms with Gasteiger partial charge in [0.05, 0.1) is 0 Å². The molecular weight excluding hydrogens is 148 g/mol. The number of hydrogen-bond donors (Lipinski definition) is 1. The molecule has 0 radical (unpaired) electrons. The van der Waals surface area contributed by atoms with Crippen LogP contribution in [0.15, 0.2) is 12.2 Å². The van der Waals surface area contributed by atoms with Crippen molar-refractivity contribution in [2.75, 3.05) is 0 Å². The zero-order valence-electron chi connectivity index (χ0n) is 8.01. The molecule has 0 bridgehead atoms. The fraction of sp³-hybridized carbons (Fsp3) is 0.636. The van der Waals surface area contributed by atoms with Gasteiger partial charge in [-0.3, -0.25) is 0 Å². The van der Waals surface area contributed by atoms with Gasteiger partial charge in [-0.15, -0.1) is 0 Å². The van der Waals surface area contributed by atoms with Crippen LogP contribution in [-0.2, 0) is 0 Å². The summed E-state index contributed by atoms with van der Waals surface area (Å²) in [6.07, 6.45) is 8.26. The van der Waals surface area contributed by atoms with Gasteiger partial charge in [-0.05, 0) is 25.8 Å². The quantitative estimate of drug-likeness (QED) is 0.502. The minimum absolute atomic E-state index is 0.509. The smallest absolute Gasteiger partial charge is 0.112 e. The monoisotopic (exact) mass is 166 g/mol. The van der Waals surface area contributed by atoms with Crippen molar-refractivity contribution in [2.24, 2.45) is 0 Å². The first-order valence-electron chi connectivity index (χ1n) is 4.61. The zero-order valence-corrected chi connectivity index (χ0v) is 8.01. The number of aliphatic hydroxyl groups is 1. The van der Waals surface area contributed by atoms with E-state index in [1.165, 1.54) is 19.3 Å². The Balaban J connectivity index is 3.33. The van der Waals surface area contributed by atoms with Crippen LogP contribution in [0.3, 0.4) is 0 Å². The van der Waals surface area contributed by atoms with Crippen molar-refractivity contribution in [1.29, 1.82) is 0 Å². The van der Waals surface area contributed by atoms with Gasteiger partial charge in [0.2, 0.25) is 0 Å². The van der Waals surface area contributed by atoms with Crippen molar-refractivity contribution < 1.29 is 5.11 Å². The topological polar surface area (TPSA) is 20.2 Å². The lowest BCUT2D eigenvalue weighted by molar-refractivity contribution is 0.253. The van der Waals surface area contributed by atoms with E-state index in [0.29, 0.717) is 0 Å². The maximum Gasteiger partial charge on any atom is 0.112 e. The van der Waals surface area contributed by atoms with Gasteiger partial charge >= 0.3 is 0 Å². The van der Waals surface area contributed by atoms with E-state index in [2.05, 4.69) is 24.8 Å². The molecular formula is C11H18O. The van der Waals surface area contributed by atoms with Crippen molar-refractivity contribution >= 4 is 0 Å². The fourth-order valence-corrected chi connectivity index (χ4v) is 0.823. The van der Waals surface area contributed by atoms with E-state index in [9.17, 15) is 0 Å². The van der Waals surface area contributed by atoms with Crippen LogP contribution in [0.4, 0.5) is 0 Å². The van der Waals surface area contributed by atoms with Crippen molar-refractivity contribution in [3.63, 3.8) is 0 Å². The molecule has 0 heterocycles. The summed E-state index contributed by atoms with van der Waals surface area (Å²) in [4.78, 5) is 0. The van der Waals surface area contributed by atoms with Crippen molar-refractivity contribution in [3.05, 3.63) is 12.2 Å². The summed E-state index contributed by atoms with van der Waals surface area (Å²) in [6.45, 7) is 3.86. The third-order valence-corrected chi connectivity index (χ3v) is 1.47. The van der Waals surface area contributed by atoms with Crippen LogP contribution in [0, 0.1) is 11.8 Å². The van der Waals surface area contributed by atoms with E-state index < -0.39 is 6.10 Å². The molecule has 1 unspecified atom stereocenters. The van der Waals surface area contributed by atoms with E-state index in [1.54, 1.807) is 6.92 Å². The van der Waals surface area contributed by atoms with E-state index in [1.807, 2.05) is 6.08 Å². The molecule has 0 amide bonds. The predicted molar refractivity (Wildman–Crippen MR) is 52.7 cm³/mol.